The van der Waals surface area contributed by atoms with Crippen LogP contribution >= 0.6 is 24.0 Å². The van der Waals surface area contributed by atoms with E-state index in [-0.39, 0.29) is 36.3 Å². The third-order valence-corrected chi connectivity index (χ3v) is 3.37. The molecule has 6 nitrogen and oxygen atoms in total. The fraction of sp³-hybridized carbons (Fsp3) is 0.333. The van der Waals surface area contributed by atoms with Crippen molar-refractivity contribution in [3.8, 4) is 11.6 Å². The number of guanidine groups is 1. The Bertz CT molecular complexity index is 732. The van der Waals surface area contributed by atoms with Gasteiger partial charge in [-0.15, -0.1) is 24.0 Å². The average Bonchev–Trinajstić information content (AvgIpc) is 2.65. The van der Waals surface area contributed by atoms with Crippen molar-refractivity contribution >= 4 is 29.9 Å². The van der Waals surface area contributed by atoms with Crippen LogP contribution in [0.5, 0.6) is 11.6 Å². The molecule has 0 fully saturated rings. The molecule has 0 radical (unpaired) electrons. The molecule has 0 aliphatic carbocycles. The van der Waals surface area contributed by atoms with Crippen molar-refractivity contribution in [2.24, 2.45) is 4.99 Å². The van der Waals surface area contributed by atoms with Crippen LogP contribution in [0.1, 0.15) is 18.2 Å². The van der Waals surface area contributed by atoms with Gasteiger partial charge in [0.2, 0.25) is 5.88 Å². The van der Waals surface area contributed by atoms with E-state index in [4.69, 9.17) is 4.74 Å². The molecule has 1 aromatic heterocycles. The Morgan fingerprint density at radius 2 is 1.93 bits per heavy atom. The van der Waals surface area contributed by atoms with Gasteiger partial charge in [-0.25, -0.2) is 9.98 Å². The van der Waals surface area contributed by atoms with Gasteiger partial charge in [-0.1, -0.05) is 24.3 Å². The molecular weight excluding hydrogens is 469 g/mol. The van der Waals surface area contributed by atoms with Crippen LogP contribution in [0.25, 0.3) is 0 Å². The summed E-state index contributed by atoms with van der Waals surface area (Å²) < 4.78 is 34.6. The molecule has 0 saturated heterocycles. The Morgan fingerprint density at radius 3 is 2.63 bits per heavy atom. The number of aromatic nitrogens is 1. The minimum atomic E-state index is -2.87. The quantitative estimate of drug-likeness (QED) is 0.335. The number of nitrogens with one attached hydrogen (secondary N) is 2. The van der Waals surface area contributed by atoms with E-state index in [2.05, 4.69) is 25.3 Å². The number of para-hydroxylation sites is 1. The highest BCUT2D eigenvalue weighted by molar-refractivity contribution is 14.0. The molecule has 0 saturated carbocycles. The molecule has 0 aliphatic heterocycles. The van der Waals surface area contributed by atoms with E-state index in [9.17, 15) is 8.78 Å². The summed E-state index contributed by atoms with van der Waals surface area (Å²) in [6, 6.07) is 12.1. The van der Waals surface area contributed by atoms with Crippen molar-refractivity contribution in [3.05, 3.63) is 53.7 Å². The largest absolute Gasteiger partial charge is 0.481 e. The maximum Gasteiger partial charge on any atom is 0.387 e. The molecule has 1 aromatic carbocycles. The predicted octanol–water partition coefficient (Wildman–Crippen LogP) is 3.56. The predicted molar refractivity (Wildman–Crippen MR) is 111 cm³/mol. The highest BCUT2D eigenvalue weighted by Gasteiger charge is 2.09. The van der Waals surface area contributed by atoms with Crippen LogP contribution in [-0.2, 0) is 13.1 Å². The van der Waals surface area contributed by atoms with Crippen LogP contribution in [0.2, 0.25) is 0 Å². The highest BCUT2D eigenvalue weighted by Crippen LogP contribution is 2.20. The van der Waals surface area contributed by atoms with Crippen LogP contribution in [0.3, 0.4) is 0 Å². The third-order valence-electron chi connectivity index (χ3n) is 3.37. The Morgan fingerprint density at radius 1 is 1.15 bits per heavy atom. The molecule has 2 N–H and O–H groups in total. The molecule has 2 rings (SSSR count). The zero-order chi connectivity index (χ0) is 18.8. The summed E-state index contributed by atoms with van der Waals surface area (Å²) in [5.74, 6) is 1.20. The summed E-state index contributed by atoms with van der Waals surface area (Å²) in [5, 5.41) is 6.25. The first-order valence-corrected chi connectivity index (χ1v) is 8.17. The van der Waals surface area contributed by atoms with Crippen LogP contribution in [0.4, 0.5) is 8.78 Å². The van der Waals surface area contributed by atoms with Crippen LogP contribution in [0.15, 0.2) is 47.5 Å². The monoisotopic (exact) mass is 492 g/mol. The summed E-state index contributed by atoms with van der Waals surface area (Å²) >= 11 is 0. The number of rotatable bonds is 8. The Kier molecular flexibility index (Phi) is 10.4. The Hall–Kier alpha value is -2.17. The van der Waals surface area contributed by atoms with Gasteiger partial charge in [0.15, 0.2) is 5.96 Å². The minimum Gasteiger partial charge on any atom is -0.481 e. The molecule has 1 heterocycles. The van der Waals surface area contributed by atoms with E-state index in [1.54, 1.807) is 31.4 Å². The molecule has 0 amide bonds. The number of methoxy groups -OCH3 is 1. The van der Waals surface area contributed by atoms with Crippen LogP contribution < -0.4 is 20.1 Å². The Balaban J connectivity index is 0.00000364. The maximum absolute atomic E-state index is 12.5. The van der Waals surface area contributed by atoms with E-state index in [0.29, 0.717) is 30.5 Å². The van der Waals surface area contributed by atoms with E-state index < -0.39 is 6.61 Å². The van der Waals surface area contributed by atoms with Crippen LogP contribution in [0, 0.1) is 0 Å². The molecule has 0 aliphatic rings. The zero-order valence-electron chi connectivity index (χ0n) is 15.1. The van der Waals surface area contributed by atoms with Gasteiger partial charge in [-0.2, -0.15) is 8.78 Å². The molecule has 0 atom stereocenters. The number of aliphatic imine (C=N–C) groups is 1. The molecule has 0 spiro atoms. The van der Waals surface area contributed by atoms with Gasteiger partial charge in [0, 0.05) is 18.2 Å². The van der Waals surface area contributed by atoms with Gasteiger partial charge >= 0.3 is 6.61 Å². The van der Waals surface area contributed by atoms with Crippen molar-refractivity contribution in [1.29, 1.82) is 0 Å². The van der Waals surface area contributed by atoms with E-state index in [0.717, 1.165) is 5.69 Å². The van der Waals surface area contributed by atoms with E-state index in [1.165, 1.54) is 6.07 Å². The fourth-order valence-electron chi connectivity index (χ4n) is 2.20. The second kappa shape index (κ2) is 12.3. The first-order valence-electron chi connectivity index (χ1n) is 8.17. The highest BCUT2D eigenvalue weighted by atomic mass is 127. The number of ether oxygens (including phenoxy) is 2. The first-order chi connectivity index (χ1) is 12.6. The lowest BCUT2D eigenvalue weighted by Gasteiger charge is -2.13. The summed E-state index contributed by atoms with van der Waals surface area (Å²) in [6.07, 6.45) is 0. The molecule has 9 heteroatoms. The lowest BCUT2D eigenvalue weighted by atomic mass is 10.2. The van der Waals surface area contributed by atoms with Crippen molar-refractivity contribution in [2.75, 3.05) is 13.7 Å². The number of benzene rings is 1. The lowest BCUT2D eigenvalue weighted by molar-refractivity contribution is -0.0504. The number of hydrogen-bond donors (Lipinski definition) is 2. The summed E-state index contributed by atoms with van der Waals surface area (Å²) in [4.78, 5) is 8.74. The third kappa shape index (κ3) is 7.94. The van der Waals surface area contributed by atoms with Gasteiger partial charge in [-0.3, -0.25) is 0 Å². The topological polar surface area (TPSA) is 67.8 Å². The zero-order valence-corrected chi connectivity index (χ0v) is 17.4. The minimum absolute atomic E-state index is 0. The number of alkyl halides is 2. The van der Waals surface area contributed by atoms with Gasteiger partial charge in [0.25, 0.3) is 0 Å². The molecule has 27 heavy (non-hydrogen) atoms. The summed E-state index contributed by atoms with van der Waals surface area (Å²) in [7, 11) is 1.56. The number of halogens is 3. The molecular formula is C18H23F2IN4O2. The summed E-state index contributed by atoms with van der Waals surface area (Å²) in [5.41, 5.74) is 1.36. The summed E-state index contributed by atoms with van der Waals surface area (Å²) in [6.45, 7) is 0.370. The standard InChI is InChI=1S/C18H22F2N4O2.HI/c1-3-21-18(23-12-14-8-6-10-16(24-14)25-2)22-11-13-7-4-5-9-15(13)26-17(19)20;/h4-10,17H,3,11-12H2,1-2H3,(H2,21,22,23);1H. The van der Waals surface area contributed by atoms with Gasteiger partial charge in [0.1, 0.15) is 5.75 Å². The molecule has 0 unspecified atom stereocenters. The van der Waals surface area contributed by atoms with E-state index in [1.807, 2.05) is 19.1 Å². The number of nitrogens with zero attached hydrogens (tertiary/aromatic N) is 2. The second-order valence-corrected chi connectivity index (χ2v) is 5.21. The SMILES string of the molecule is CCNC(=NCc1ccccc1OC(F)F)NCc1cccc(OC)n1.I. The normalized spacial score (nSPS) is 10.9. The Labute approximate surface area is 174 Å². The first kappa shape index (κ1) is 22.9. The van der Waals surface area contributed by atoms with Crippen molar-refractivity contribution in [1.82, 2.24) is 15.6 Å². The molecule has 148 valence electrons. The fourth-order valence-corrected chi connectivity index (χ4v) is 2.20. The van der Waals surface area contributed by atoms with Crippen molar-refractivity contribution in [2.45, 2.75) is 26.6 Å². The molecule has 2 aromatic rings. The molecule has 0 bridgehead atoms. The van der Waals surface area contributed by atoms with Gasteiger partial charge in [0.05, 0.1) is 25.9 Å². The van der Waals surface area contributed by atoms with Gasteiger partial charge in [-0.05, 0) is 19.1 Å². The van der Waals surface area contributed by atoms with Crippen LogP contribution in [-0.4, -0.2) is 31.2 Å². The number of pyridine rings is 1. The lowest BCUT2D eigenvalue weighted by Crippen LogP contribution is -2.37. The van der Waals surface area contributed by atoms with E-state index >= 15 is 0 Å². The van der Waals surface area contributed by atoms with Crippen molar-refractivity contribution < 1.29 is 18.3 Å². The smallest absolute Gasteiger partial charge is 0.387 e. The van der Waals surface area contributed by atoms with Crippen molar-refractivity contribution in [3.63, 3.8) is 0 Å². The van der Waals surface area contributed by atoms with Gasteiger partial charge < -0.3 is 20.1 Å². The maximum atomic E-state index is 12.5. The average molecular weight is 492 g/mol. The second-order valence-electron chi connectivity index (χ2n) is 5.21. The number of hydrogen-bond acceptors (Lipinski definition) is 4.